The van der Waals surface area contributed by atoms with Gasteiger partial charge in [-0.3, -0.25) is 9.78 Å². The molecule has 21 heavy (non-hydrogen) atoms. The highest BCUT2D eigenvalue weighted by Gasteiger charge is 2.27. The maximum atomic E-state index is 12.2. The van der Waals surface area contributed by atoms with Gasteiger partial charge in [0.05, 0.1) is 16.0 Å². The highest BCUT2D eigenvalue weighted by Crippen LogP contribution is 2.22. The van der Waals surface area contributed by atoms with Gasteiger partial charge in [0.2, 0.25) is 10.0 Å². The first-order chi connectivity index (χ1) is 10.1. The van der Waals surface area contributed by atoms with Gasteiger partial charge in [0, 0.05) is 37.4 Å². The third-order valence-corrected chi connectivity index (χ3v) is 6.28. The topological polar surface area (TPSA) is 79.4 Å². The van der Waals surface area contributed by atoms with Crippen molar-refractivity contribution in [2.24, 2.45) is 0 Å². The summed E-state index contributed by atoms with van der Waals surface area (Å²) in [5.74, 6) is -0.0119. The molecule has 0 unspecified atom stereocenters. The molecule has 8 heteroatoms. The zero-order valence-electron chi connectivity index (χ0n) is 11.3. The molecule has 1 aliphatic rings. The van der Waals surface area contributed by atoms with Crippen molar-refractivity contribution in [1.29, 1.82) is 0 Å². The first-order valence-corrected chi connectivity index (χ1v) is 9.14. The molecule has 0 spiro atoms. The minimum absolute atomic E-state index is 0.207. The molecular weight excluding hydrogens is 310 g/mol. The van der Waals surface area contributed by atoms with E-state index in [0.717, 1.165) is 10.1 Å². The SMILES string of the molecule is O=C(NCCN1CCCS1(=O)=O)c1cncc2sccc12. The van der Waals surface area contributed by atoms with Crippen molar-refractivity contribution in [3.63, 3.8) is 0 Å². The predicted octanol–water partition coefficient (Wildman–Crippen LogP) is 1.06. The van der Waals surface area contributed by atoms with Crippen molar-refractivity contribution >= 4 is 37.4 Å². The molecule has 1 saturated heterocycles. The van der Waals surface area contributed by atoms with E-state index in [-0.39, 0.29) is 11.7 Å². The van der Waals surface area contributed by atoms with E-state index in [1.54, 1.807) is 6.20 Å². The van der Waals surface area contributed by atoms with E-state index in [2.05, 4.69) is 10.3 Å². The average molecular weight is 325 g/mol. The van der Waals surface area contributed by atoms with Crippen LogP contribution in [0.15, 0.2) is 23.8 Å². The largest absolute Gasteiger partial charge is 0.351 e. The van der Waals surface area contributed by atoms with Crippen LogP contribution in [0.5, 0.6) is 0 Å². The normalized spacial score (nSPS) is 18.1. The fourth-order valence-corrected chi connectivity index (χ4v) is 4.71. The number of nitrogens with zero attached hydrogens (tertiary/aromatic N) is 2. The molecule has 6 nitrogen and oxygen atoms in total. The van der Waals surface area contributed by atoms with Gasteiger partial charge in [0.25, 0.3) is 5.91 Å². The highest BCUT2D eigenvalue weighted by atomic mass is 32.2. The summed E-state index contributed by atoms with van der Waals surface area (Å²) in [6.07, 6.45) is 3.93. The van der Waals surface area contributed by atoms with Gasteiger partial charge in [-0.05, 0) is 17.9 Å². The lowest BCUT2D eigenvalue weighted by atomic mass is 10.2. The fraction of sp³-hybridized carbons (Fsp3) is 0.385. The van der Waals surface area contributed by atoms with Crippen molar-refractivity contribution in [2.75, 3.05) is 25.4 Å². The first-order valence-electron chi connectivity index (χ1n) is 6.65. The molecule has 3 heterocycles. The van der Waals surface area contributed by atoms with Crippen LogP contribution in [0.4, 0.5) is 0 Å². The van der Waals surface area contributed by atoms with Crippen LogP contribution in [-0.2, 0) is 10.0 Å². The Bertz CT molecular complexity index is 770. The van der Waals surface area contributed by atoms with Crippen molar-refractivity contribution in [3.8, 4) is 0 Å². The molecule has 2 aromatic rings. The fourth-order valence-electron chi connectivity index (χ4n) is 2.41. The smallest absolute Gasteiger partial charge is 0.253 e. The Morgan fingerprint density at radius 2 is 2.29 bits per heavy atom. The van der Waals surface area contributed by atoms with Crippen LogP contribution in [0, 0.1) is 0 Å². The Labute approximate surface area is 126 Å². The maximum Gasteiger partial charge on any atom is 0.253 e. The minimum atomic E-state index is -3.10. The van der Waals surface area contributed by atoms with Crippen molar-refractivity contribution in [3.05, 3.63) is 29.4 Å². The second-order valence-electron chi connectivity index (χ2n) is 4.84. The lowest BCUT2D eigenvalue weighted by Crippen LogP contribution is -2.35. The molecule has 3 rings (SSSR count). The van der Waals surface area contributed by atoms with Crippen molar-refractivity contribution in [1.82, 2.24) is 14.6 Å². The van der Waals surface area contributed by atoms with E-state index in [9.17, 15) is 13.2 Å². The van der Waals surface area contributed by atoms with E-state index < -0.39 is 10.0 Å². The quantitative estimate of drug-likeness (QED) is 0.912. The lowest BCUT2D eigenvalue weighted by Gasteiger charge is -2.14. The van der Waals surface area contributed by atoms with Crippen LogP contribution in [-0.4, -0.2) is 49.0 Å². The molecule has 112 valence electrons. The summed E-state index contributed by atoms with van der Waals surface area (Å²) < 4.78 is 25.7. The van der Waals surface area contributed by atoms with Gasteiger partial charge in [-0.15, -0.1) is 11.3 Å². The summed E-state index contributed by atoms with van der Waals surface area (Å²) >= 11 is 1.53. The summed E-state index contributed by atoms with van der Waals surface area (Å²) in [5, 5.41) is 5.56. The van der Waals surface area contributed by atoms with Gasteiger partial charge in [-0.2, -0.15) is 0 Å². The standard InChI is InChI=1S/C13H15N3O3S2/c17-13(11-8-14-9-12-10(11)2-6-20-12)15-3-5-16-4-1-7-21(16,18)19/h2,6,8-9H,1,3-5,7H2,(H,15,17). The highest BCUT2D eigenvalue weighted by molar-refractivity contribution is 7.89. The van der Waals surface area contributed by atoms with E-state index in [0.29, 0.717) is 31.6 Å². The number of rotatable bonds is 4. The van der Waals surface area contributed by atoms with Crippen LogP contribution in [0.3, 0.4) is 0 Å². The molecule has 0 radical (unpaired) electrons. The van der Waals surface area contributed by atoms with Crippen molar-refractivity contribution in [2.45, 2.75) is 6.42 Å². The van der Waals surface area contributed by atoms with Gasteiger partial charge in [0.1, 0.15) is 0 Å². The minimum Gasteiger partial charge on any atom is -0.351 e. The molecule has 1 fully saturated rings. The first kappa shape index (κ1) is 14.4. The summed E-state index contributed by atoms with van der Waals surface area (Å²) in [6.45, 7) is 1.17. The Kier molecular flexibility index (Phi) is 3.92. The van der Waals surface area contributed by atoms with E-state index in [1.165, 1.54) is 21.8 Å². The van der Waals surface area contributed by atoms with E-state index >= 15 is 0 Å². The predicted molar refractivity (Wildman–Crippen MR) is 81.9 cm³/mol. The van der Waals surface area contributed by atoms with Crippen LogP contribution in [0.1, 0.15) is 16.8 Å². The number of carbonyl (C=O) groups is 1. The lowest BCUT2D eigenvalue weighted by molar-refractivity contribution is 0.0953. The van der Waals surface area contributed by atoms with Crippen LogP contribution >= 0.6 is 11.3 Å². The number of sulfonamides is 1. The third-order valence-electron chi connectivity index (χ3n) is 3.48. The maximum absolute atomic E-state index is 12.2. The number of aromatic nitrogens is 1. The van der Waals surface area contributed by atoms with Gasteiger partial charge in [-0.1, -0.05) is 0 Å². The monoisotopic (exact) mass is 325 g/mol. The second kappa shape index (κ2) is 5.70. The van der Waals surface area contributed by atoms with Gasteiger partial charge >= 0.3 is 0 Å². The molecule has 2 aromatic heterocycles. The van der Waals surface area contributed by atoms with Gasteiger partial charge in [-0.25, -0.2) is 12.7 Å². The summed E-state index contributed by atoms with van der Waals surface area (Å²) in [5.41, 5.74) is 0.526. The Morgan fingerprint density at radius 3 is 3.05 bits per heavy atom. The zero-order valence-corrected chi connectivity index (χ0v) is 12.9. The van der Waals surface area contributed by atoms with Crippen molar-refractivity contribution < 1.29 is 13.2 Å². The molecule has 1 amide bonds. The Morgan fingerprint density at radius 1 is 1.43 bits per heavy atom. The number of nitrogens with one attached hydrogen (secondary N) is 1. The van der Waals surface area contributed by atoms with Crippen LogP contribution in [0.2, 0.25) is 0 Å². The number of thiophene rings is 1. The number of hydrogen-bond donors (Lipinski definition) is 1. The van der Waals surface area contributed by atoms with Crippen LogP contribution < -0.4 is 5.32 Å². The summed E-state index contributed by atoms with van der Waals surface area (Å²) in [4.78, 5) is 16.2. The summed E-state index contributed by atoms with van der Waals surface area (Å²) in [6, 6.07) is 1.89. The zero-order chi connectivity index (χ0) is 14.9. The molecule has 0 saturated carbocycles. The number of amides is 1. The number of pyridine rings is 1. The molecule has 1 N–H and O–H groups in total. The molecule has 0 atom stereocenters. The molecule has 0 aromatic carbocycles. The molecule has 0 aliphatic carbocycles. The number of hydrogen-bond acceptors (Lipinski definition) is 5. The van der Waals surface area contributed by atoms with E-state index in [1.807, 2.05) is 11.4 Å². The number of carbonyl (C=O) groups excluding carboxylic acids is 1. The molecule has 0 bridgehead atoms. The van der Waals surface area contributed by atoms with Gasteiger partial charge in [0.15, 0.2) is 0 Å². The Balaban J connectivity index is 1.63. The number of fused-ring (bicyclic) bond motifs is 1. The van der Waals surface area contributed by atoms with Gasteiger partial charge < -0.3 is 5.32 Å². The molecule has 1 aliphatic heterocycles. The Hall–Kier alpha value is -1.51. The molecular formula is C13H15N3O3S2. The summed E-state index contributed by atoms with van der Waals surface area (Å²) in [7, 11) is -3.10. The average Bonchev–Trinajstić information content (AvgIpc) is 3.04. The second-order valence-corrected chi connectivity index (χ2v) is 7.88. The van der Waals surface area contributed by atoms with Crippen LogP contribution in [0.25, 0.3) is 10.1 Å². The van der Waals surface area contributed by atoms with E-state index in [4.69, 9.17) is 0 Å². The third kappa shape index (κ3) is 2.92.